The summed E-state index contributed by atoms with van der Waals surface area (Å²) in [6.07, 6.45) is 4.42. The summed E-state index contributed by atoms with van der Waals surface area (Å²) in [5, 5.41) is 1.35. The molecule has 5 heteroatoms. The lowest BCUT2D eigenvalue weighted by atomic mass is 9.89. The second-order valence-corrected chi connectivity index (χ2v) is 6.83. The Kier molecular flexibility index (Phi) is 4.54. The molecule has 3 heterocycles. The molecule has 2 aliphatic rings. The van der Waals surface area contributed by atoms with Gasteiger partial charge in [0.15, 0.2) is 0 Å². The highest BCUT2D eigenvalue weighted by atomic mass is 16.5. The molecule has 1 amide bonds. The summed E-state index contributed by atoms with van der Waals surface area (Å²) >= 11 is 0. The van der Waals surface area contributed by atoms with Crippen LogP contribution in [0.2, 0.25) is 0 Å². The van der Waals surface area contributed by atoms with Gasteiger partial charge in [-0.3, -0.25) is 9.69 Å². The number of carbonyl (C=O) groups is 1. The Labute approximate surface area is 142 Å². The molecular weight excluding hydrogens is 302 g/mol. The lowest BCUT2D eigenvalue weighted by Gasteiger charge is -2.34. The van der Waals surface area contributed by atoms with Crippen LogP contribution in [0.25, 0.3) is 10.9 Å². The topological polar surface area (TPSA) is 48.6 Å². The van der Waals surface area contributed by atoms with Crippen molar-refractivity contribution in [1.82, 2.24) is 14.8 Å². The van der Waals surface area contributed by atoms with E-state index in [4.69, 9.17) is 4.74 Å². The summed E-state index contributed by atoms with van der Waals surface area (Å²) in [7, 11) is 0. The van der Waals surface area contributed by atoms with E-state index >= 15 is 0 Å². The van der Waals surface area contributed by atoms with Crippen molar-refractivity contribution in [3.8, 4) is 0 Å². The fourth-order valence-corrected chi connectivity index (χ4v) is 3.94. The number of nitrogens with one attached hydrogen (secondary N) is 1. The molecule has 1 N–H and O–H groups in total. The Hall–Kier alpha value is -1.85. The van der Waals surface area contributed by atoms with Crippen LogP contribution < -0.4 is 0 Å². The molecular formula is C19H25N3O2. The Morgan fingerprint density at radius 3 is 2.67 bits per heavy atom. The van der Waals surface area contributed by atoms with E-state index in [-0.39, 0.29) is 5.91 Å². The number of likely N-dealkylation sites (tertiary alicyclic amines) is 1. The Balaban J connectivity index is 1.34. The number of benzene rings is 1. The van der Waals surface area contributed by atoms with Gasteiger partial charge in [-0.1, -0.05) is 18.2 Å². The van der Waals surface area contributed by atoms with E-state index in [0.717, 1.165) is 39.0 Å². The van der Waals surface area contributed by atoms with Gasteiger partial charge >= 0.3 is 0 Å². The van der Waals surface area contributed by atoms with E-state index in [9.17, 15) is 4.79 Å². The maximum absolute atomic E-state index is 12.4. The van der Waals surface area contributed by atoms with Crippen molar-refractivity contribution in [2.24, 2.45) is 0 Å². The molecule has 2 saturated heterocycles. The van der Waals surface area contributed by atoms with Crippen LogP contribution in [0.5, 0.6) is 0 Å². The van der Waals surface area contributed by atoms with Crippen molar-refractivity contribution in [2.75, 3.05) is 45.9 Å². The van der Waals surface area contributed by atoms with E-state index in [1.54, 1.807) is 0 Å². The highest BCUT2D eigenvalue weighted by Gasteiger charge is 2.25. The number of ether oxygens (including phenoxy) is 1. The molecule has 2 aromatic rings. The molecule has 0 saturated carbocycles. The summed E-state index contributed by atoms with van der Waals surface area (Å²) in [5.74, 6) is 0.847. The standard InChI is InChI=1S/C19H25N3O2/c23-19(22-9-11-24-12-10-22)14-21-7-5-15(6-8-21)17-13-20-18-4-2-1-3-16(17)18/h1-4,13,15,20H,5-12,14H2. The van der Waals surface area contributed by atoms with Crippen molar-refractivity contribution in [2.45, 2.75) is 18.8 Å². The third-order valence-corrected chi connectivity index (χ3v) is 5.37. The summed E-state index contributed by atoms with van der Waals surface area (Å²) < 4.78 is 5.32. The molecule has 128 valence electrons. The van der Waals surface area contributed by atoms with Gasteiger partial charge in [-0.05, 0) is 43.5 Å². The second kappa shape index (κ2) is 6.95. The van der Waals surface area contributed by atoms with Gasteiger partial charge in [0, 0.05) is 30.2 Å². The molecule has 0 aliphatic carbocycles. The number of piperidine rings is 1. The van der Waals surface area contributed by atoms with Crippen LogP contribution in [0.3, 0.4) is 0 Å². The predicted octanol–water partition coefficient (Wildman–Crippen LogP) is 2.21. The third kappa shape index (κ3) is 3.19. The number of para-hydroxylation sites is 1. The zero-order valence-electron chi connectivity index (χ0n) is 14.0. The van der Waals surface area contributed by atoms with Crippen molar-refractivity contribution < 1.29 is 9.53 Å². The fraction of sp³-hybridized carbons (Fsp3) is 0.526. The van der Waals surface area contributed by atoms with E-state index in [0.29, 0.717) is 25.7 Å². The van der Waals surface area contributed by atoms with Crippen LogP contribution in [0, 0.1) is 0 Å². The molecule has 0 atom stereocenters. The maximum atomic E-state index is 12.4. The lowest BCUT2D eigenvalue weighted by Crippen LogP contribution is -2.47. The van der Waals surface area contributed by atoms with Gasteiger partial charge in [0.25, 0.3) is 0 Å². The maximum Gasteiger partial charge on any atom is 0.236 e. The molecule has 0 spiro atoms. The minimum absolute atomic E-state index is 0.254. The first-order chi connectivity index (χ1) is 11.8. The highest BCUT2D eigenvalue weighted by Crippen LogP contribution is 2.32. The SMILES string of the molecule is O=C(CN1CCC(c2c[nH]c3ccccc23)CC1)N1CCOCC1. The zero-order valence-corrected chi connectivity index (χ0v) is 14.0. The number of aromatic nitrogens is 1. The zero-order chi connectivity index (χ0) is 16.4. The highest BCUT2D eigenvalue weighted by molar-refractivity contribution is 5.83. The number of aromatic amines is 1. The number of rotatable bonds is 3. The van der Waals surface area contributed by atoms with Gasteiger partial charge in [-0.25, -0.2) is 0 Å². The average molecular weight is 327 g/mol. The van der Waals surface area contributed by atoms with Crippen LogP contribution in [-0.4, -0.2) is 66.6 Å². The molecule has 0 unspecified atom stereocenters. The average Bonchev–Trinajstić information content (AvgIpc) is 3.07. The second-order valence-electron chi connectivity index (χ2n) is 6.83. The number of amides is 1. The quantitative estimate of drug-likeness (QED) is 0.940. The van der Waals surface area contributed by atoms with E-state index in [1.165, 1.54) is 16.5 Å². The van der Waals surface area contributed by atoms with Crippen LogP contribution in [0.1, 0.15) is 24.3 Å². The van der Waals surface area contributed by atoms with Gasteiger partial charge in [0.1, 0.15) is 0 Å². The van der Waals surface area contributed by atoms with Crippen LogP contribution >= 0.6 is 0 Å². The molecule has 1 aromatic heterocycles. The number of hydrogen-bond acceptors (Lipinski definition) is 3. The van der Waals surface area contributed by atoms with Crippen molar-refractivity contribution >= 4 is 16.8 Å². The smallest absolute Gasteiger partial charge is 0.236 e. The number of fused-ring (bicyclic) bond motifs is 1. The number of H-pyrrole nitrogens is 1. The van der Waals surface area contributed by atoms with Gasteiger partial charge in [0.05, 0.1) is 19.8 Å². The molecule has 4 rings (SSSR count). The number of nitrogens with zero attached hydrogens (tertiary/aromatic N) is 2. The molecule has 2 fully saturated rings. The van der Waals surface area contributed by atoms with Gasteiger partial charge in [-0.2, -0.15) is 0 Å². The van der Waals surface area contributed by atoms with Crippen LogP contribution in [0.4, 0.5) is 0 Å². The summed E-state index contributed by atoms with van der Waals surface area (Å²) in [5.41, 5.74) is 2.65. The lowest BCUT2D eigenvalue weighted by molar-refractivity contribution is -0.136. The number of morpholine rings is 1. The molecule has 0 bridgehead atoms. The fourth-order valence-electron chi connectivity index (χ4n) is 3.94. The largest absolute Gasteiger partial charge is 0.378 e. The van der Waals surface area contributed by atoms with Gasteiger partial charge in [-0.15, -0.1) is 0 Å². The first kappa shape index (κ1) is 15.7. The van der Waals surface area contributed by atoms with E-state index in [2.05, 4.69) is 40.3 Å². The summed E-state index contributed by atoms with van der Waals surface area (Å²) in [6.45, 7) is 5.39. The summed E-state index contributed by atoms with van der Waals surface area (Å²) in [6, 6.07) is 8.52. The van der Waals surface area contributed by atoms with Crippen LogP contribution in [0.15, 0.2) is 30.5 Å². The molecule has 2 aliphatic heterocycles. The minimum Gasteiger partial charge on any atom is -0.378 e. The Morgan fingerprint density at radius 1 is 1.12 bits per heavy atom. The van der Waals surface area contributed by atoms with Crippen LogP contribution in [-0.2, 0) is 9.53 Å². The molecule has 1 aromatic carbocycles. The summed E-state index contributed by atoms with van der Waals surface area (Å²) in [4.78, 5) is 20.0. The normalized spacial score (nSPS) is 20.6. The predicted molar refractivity (Wildman–Crippen MR) is 94.1 cm³/mol. The number of carbonyl (C=O) groups excluding carboxylic acids is 1. The molecule has 5 nitrogen and oxygen atoms in total. The Bertz CT molecular complexity index is 697. The minimum atomic E-state index is 0.254. The van der Waals surface area contributed by atoms with Crippen molar-refractivity contribution in [3.63, 3.8) is 0 Å². The molecule has 0 radical (unpaired) electrons. The Morgan fingerprint density at radius 2 is 1.88 bits per heavy atom. The van der Waals surface area contributed by atoms with Gasteiger partial charge < -0.3 is 14.6 Å². The van der Waals surface area contributed by atoms with Crippen molar-refractivity contribution in [3.05, 3.63) is 36.0 Å². The first-order valence-corrected chi connectivity index (χ1v) is 8.95. The third-order valence-electron chi connectivity index (χ3n) is 5.37. The first-order valence-electron chi connectivity index (χ1n) is 8.95. The molecule has 24 heavy (non-hydrogen) atoms. The van der Waals surface area contributed by atoms with Crippen molar-refractivity contribution in [1.29, 1.82) is 0 Å². The number of hydrogen-bond donors (Lipinski definition) is 1. The monoisotopic (exact) mass is 327 g/mol. The van der Waals surface area contributed by atoms with Gasteiger partial charge in [0.2, 0.25) is 5.91 Å². The van der Waals surface area contributed by atoms with E-state index in [1.807, 2.05) is 4.90 Å². The van der Waals surface area contributed by atoms with E-state index < -0.39 is 0 Å².